The van der Waals surface area contributed by atoms with Gasteiger partial charge in [-0.2, -0.15) is 0 Å². The highest BCUT2D eigenvalue weighted by atomic mass is 79.9. The molecule has 0 fully saturated rings. The maximum atomic E-state index is 12.4. The minimum Gasteiger partial charge on any atom is -1.00 e. The van der Waals surface area contributed by atoms with Gasteiger partial charge in [0, 0.05) is 11.1 Å². The van der Waals surface area contributed by atoms with Crippen LogP contribution in [-0.2, 0) is 33.2 Å². The van der Waals surface area contributed by atoms with Crippen molar-refractivity contribution in [1.29, 1.82) is 0 Å². The number of aromatic nitrogens is 4. The first-order valence-corrected chi connectivity index (χ1v) is 14.5. The molecule has 2 heterocycles. The Bertz CT molecular complexity index is 1420. The summed E-state index contributed by atoms with van der Waals surface area (Å²) in [5.74, 6) is -1.76. The van der Waals surface area contributed by atoms with E-state index in [2.05, 4.69) is 0 Å². The Labute approximate surface area is 280 Å². The number of carbonyl (C=O) groups is 2. The van der Waals surface area contributed by atoms with Gasteiger partial charge < -0.3 is 46.9 Å². The van der Waals surface area contributed by atoms with E-state index < -0.39 is 24.0 Å². The summed E-state index contributed by atoms with van der Waals surface area (Å²) < 4.78 is 17.7. The molecule has 0 saturated carbocycles. The fourth-order valence-corrected chi connectivity index (χ4v) is 4.32. The van der Waals surface area contributed by atoms with Crippen LogP contribution in [-0.4, -0.2) is 54.7 Å². The van der Waals surface area contributed by atoms with Gasteiger partial charge in [0.05, 0.1) is 27.3 Å². The van der Waals surface area contributed by atoms with Crippen molar-refractivity contribution in [3.63, 3.8) is 0 Å². The number of ether oxygens (including phenoxy) is 2. The van der Waals surface area contributed by atoms with Crippen LogP contribution in [0.2, 0.25) is 0 Å². The predicted octanol–water partition coefficient (Wildman–Crippen LogP) is 0.953. The summed E-state index contributed by atoms with van der Waals surface area (Å²) in [6.45, 7) is 4.77. The molecule has 0 aliphatic heterocycles. The third kappa shape index (κ3) is 10.8. The molecule has 0 amide bonds. The second kappa shape index (κ2) is 19.1. The number of unbranched alkanes of at least 4 members (excludes halogenated alkanes) is 2. The number of hydrogen-bond donors (Lipinski definition) is 4. The Morgan fingerprint density at radius 3 is 1.35 bits per heavy atom. The number of rotatable bonds is 12. The molecule has 252 valence electrons. The molecular weight excluding hydrogens is 660 g/mol. The molecule has 2 atom stereocenters. The van der Waals surface area contributed by atoms with Crippen LogP contribution in [0.25, 0.3) is 0 Å². The number of phenols is 4. The molecule has 0 spiro atoms. The zero-order valence-corrected chi connectivity index (χ0v) is 27.5. The highest BCUT2D eigenvalue weighted by molar-refractivity contribution is 5.79. The molecule has 2 aromatic heterocycles. The van der Waals surface area contributed by atoms with Crippen LogP contribution in [0.4, 0.5) is 0 Å². The molecule has 4 N–H and O–H groups in total. The second-order valence-corrected chi connectivity index (χ2v) is 10.4. The molecule has 0 saturated heterocycles. The normalized spacial score (nSPS) is 11.6. The predicted molar refractivity (Wildman–Crippen MR) is 166 cm³/mol. The van der Waals surface area contributed by atoms with Crippen LogP contribution in [0.5, 0.6) is 23.0 Å². The fraction of sp³-hybridized carbons (Fsp3) is 0.394. The summed E-state index contributed by atoms with van der Waals surface area (Å²) in [7, 11) is 3.70. The van der Waals surface area contributed by atoms with Crippen molar-refractivity contribution >= 4 is 11.9 Å². The van der Waals surface area contributed by atoms with E-state index in [0.717, 1.165) is 25.7 Å². The maximum Gasteiger partial charge on any atom is 0.356 e. The third-order valence-electron chi connectivity index (χ3n) is 6.74. The first-order valence-electron chi connectivity index (χ1n) is 14.5. The quantitative estimate of drug-likeness (QED) is 0.0737. The Balaban J connectivity index is 0.000000441. The van der Waals surface area contributed by atoms with Crippen LogP contribution in [0.1, 0.15) is 70.2 Å². The number of phenolic OH excluding ortho intramolecular Hbond substituents is 4. The van der Waals surface area contributed by atoms with E-state index in [0.29, 0.717) is 24.3 Å². The van der Waals surface area contributed by atoms with Gasteiger partial charge in [-0.3, -0.25) is 0 Å². The lowest BCUT2D eigenvalue weighted by Gasteiger charge is -2.14. The molecule has 0 aliphatic carbocycles. The van der Waals surface area contributed by atoms with Crippen molar-refractivity contribution in [2.45, 2.75) is 59.0 Å². The van der Waals surface area contributed by atoms with Gasteiger partial charge >= 0.3 is 11.9 Å². The molecule has 4 rings (SSSR count). The van der Waals surface area contributed by atoms with E-state index in [1.807, 2.05) is 49.5 Å². The summed E-state index contributed by atoms with van der Waals surface area (Å²) in [6, 6.07) is 7.26. The van der Waals surface area contributed by atoms with Crippen LogP contribution < -0.4 is 26.1 Å². The van der Waals surface area contributed by atoms with E-state index in [9.17, 15) is 30.0 Å². The molecule has 46 heavy (non-hydrogen) atoms. The van der Waals surface area contributed by atoms with Crippen LogP contribution >= 0.6 is 0 Å². The summed E-state index contributed by atoms with van der Waals surface area (Å²) in [5, 5.41) is 38.2. The summed E-state index contributed by atoms with van der Waals surface area (Å²) in [4.78, 5) is 24.9. The van der Waals surface area contributed by atoms with Gasteiger partial charge in [-0.1, -0.05) is 46.2 Å². The van der Waals surface area contributed by atoms with Crippen molar-refractivity contribution in [3.05, 3.63) is 85.0 Å². The van der Waals surface area contributed by atoms with Gasteiger partial charge in [-0.25, -0.2) is 27.9 Å². The van der Waals surface area contributed by atoms with E-state index in [1.165, 1.54) is 24.3 Å². The van der Waals surface area contributed by atoms with E-state index in [4.69, 9.17) is 9.47 Å². The highest BCUT2D eigenvalue weighted by Crippen LogP contribution is 2.31. The SMILES string of the molecule is C.CCCCOC(=O)C(c1ccc(O)c(O)c1)n1cc[n+](C)c1.CCCCOC(=O)C(c1ccc(O)c(O)c1)n1cc[n+](C)c1.[Br-]. The molecule has 12 nitrogen and oxygen atoms in total. The van der Waals surface area contributed by atoms with Crippen molar-refractivity contribution in [2.24, 2.45) is 14.1 Å². The second-order valence-electron chi connectivity index (χ2n) is 10.4. The van der Waals surface area contributed by atoms with Gasteiger partial charge in [0.2, 0.25) is 24.7 Å². The van der Waals surface area contributed by atoms with E-state index in [-0.39, 0.29) is 47.4 Å². The number of hydrogen-bond acceptors (Lipinski definition) is 8. The molecule has 0 radical (unpaired) electrons. The van der Waals surface area contributed by atoms with Gasteiger partial charge in [-0.15, -0.1) is 0 Å². The summed E-state index contributed by atoms with van der Waals surface area (Å²) in [5.41, 5.74) is 1.10. The van der Waals surface area contributed by atoms with Crippen LogP contribution in [0.3, 0.4) is 0 Å². The standard InChI is InChI=1S/2C16H20N2O4.CH4.BrH/c2*1-3-4-9-22-16(21)15(18-8-7-17(2)11-18)12-5-6-13(19)14(20)10-12;;/h2*5-8,10-11,15H,3-4,9H2,1-2H3,(H-,19,20);1H4;1H/p+1. The number of halogens is 1. The number of aromatic hydroxyl groups is 4. The van der Waals surface area contributed by atoms with Crippen molar-refractivity contribution in [3.8, 4) is 23.0 Å². The Hall–Kier alpha value is -4.52. The first-order chi connectivity index (χ1) is 21.0. The smallest absolute Gasteiger partial charge is 0.356 e. The number of esters is 2. The number of carbonyl (C=O) groups excluding carboxylic acids is 2. The molecule has 4 aromatic rings. The molecule has 0 aliphatic rings. The largest absolute Gasteiger partial charge is 1.00 e. The third-order valence-corrected chi connectivity index (χ3v) is 6.74. The number of aryl methyl sites for hydroxylation is 2. The lowest BCUT2D eigenvalue weighted by Crippen LogP contribution is -3.00. The fourth-order valence-electron chi connectivity index (χ4n) is 4.32. The average Bonchev–Trinajstić information content (AvgIpc) is 3.61. The van der Waals surface area contributed by atoms with Gasteiger partial charge in [-0.05, 0) is 37.1 Å². The maximum absolute atomic E-state index is 12.4. The van der Waals surface area contributed by atoms with Crippen LogP contribution in [0, 0.1) is 0 Å². The van der Waals surface area contributed by atoms with Gasteiger partial charge in [0.1, 0.15) is 24.8 Å². The summed E-state index contributed by atoms with van der Waals surface area (Å²) in [6.07, 6.45) is 14.2. The highest BCUT2D eigenvalue weighted by Gasteiger charge is 2.31. The van der Waals surface area contributed by atoms with Crippen molar-refractivity contribution in [2.75, 3.05) is 13.2 Å². The molecule has 13 heteroatoms. The van der Waals surface area contributed by atoms with Crippen molar-refractivity contribution < 1.29 is 65.6 Å². The molecular formula is C33H46BrN4O8+. The van der Waals surface area contributed by atoms with E-state index in [1.54, 1.807) is 46.3 Å². The lowest BCUT2D eigenvalue weighted by atomic mass is 10.1. The molecule has 0 bridgehead atoms. The number of nitrogens with zero attached hydrogens (tertiary/aromatic N) is 4. The number of benzene rings is 2. The Morgan fingerprint density at radius 1 is 0.696 bits per heavy atom. The monoisotopic (exact) mass is 705 g/mol. The average molecular weight is 707 g/mol. The minimum absolute atomic E-state index is 0. The lowest BCUT2D eigenvalue weighted by molar-refractivity contribution is -0.671. The molecule has 2 aromatic carbocycles. The Kier molecular flexibility index (Phi) is 16.4. The topological polar surface area (TPSA) is 151 Å². The van der Waals surface area contributed by atoms with Crippen molar-refractivity contribution in [1.82, 2.24) is 9.13 Å². The molecule has 2 unspecified atom stereocenters. The van der Waals surface area contributed by atoms with Gasteiger partial charge in [0.25, 0.3) is 0 Å². The summed E-state index contributed by atoms with van der Waals surface area (Å²) >= 11 is 0. The zero-order chi connectivity index (χ0) is 32.2. The Morgan fingerprint density at radius 2 is 1.07 bits per heavy atom. The van der Waals surface area contributed by atoms with Gasteiger partial charge in [0.15, 0.2) is 23.0 Å². The minimum atomic E-state index is -0.704. The van der Waals surface area contributed by atoms with E-state index >= 15 is 0 Å². The number of imidazole rings is 2. The zero-order valence-electron chi connectivity index (χ0n) is 25.9. The van der Waals surface area contributed by atoms with Crippen LogP contribution in [0.15, 0.2) is 73.8 Å². The first kappa shape index (κ1) is 39.5.